The van der Waals surface area contributed by atoms with Gasteiger partial charge in [0.2, 0.25) is 11.8 Å². The lowest BCUT2D eigenvalue weighted by Crippen LogP contribution is -2.46. The zero-order valence-corrected chi connectivity index (χ0v) is 9.16. The molecule has 0 bridgehead atoms. The van der Waals surface area contributed by atoms with Crippen molar-refractivity contribution in [1.29, 1.82) is 0 Å². The van der Waals surface area contributed by atoms with Gasteiger partial charge in [-0.05, 0) is 12.8 Å². The number of piperidine rings is 1. The van der Waals surface area contributed by atoms with Crippen LogP contribution in [0.2, 0.25) is 0 Å². The number of rotatable bonds is 3. The SMILES string of the molecule is CC(=O)N1CCC(NC(=O)CCN)CC1. The van der Waals surface area contributed by atoms with Crippen LogP contribution in [0.5, 0.6) is 0 Å². The molecule has 1 heterocycles. The zero-order chi connectivity index (χ0) is 11.3. The van der Waals surface area contributed by atoms with E-state index in [0.717, 1.165) is 25.9 Å². The molecule has 5 nitrogen and oxygen atoms in total. The highest BCUT2D eigenvalue weighted by molar-refractivity contribution is 5.76. The van der Waals surface area contributed by atoms with E-state index in [0.29, 0.717) is 13.0 Å². The van der Waals surface area contributed by atoms with Gasteiger partial charge in [0, 0.05) is 39.0 Å². The molecule has 1 saturated heterocycles. The van der Waals surface area contributed by atoms with Crippen molar-refractivity contribution in [3.8, 4) is 0 Å². The Hall–Kier alpha value is -1.10. The molecule has 1 fully saturated rings. The minimum Gasteiger partial charge on any atom is -0.353 e. The van der Waals surface area contributed by atoms with Gasteiger partial charge in [0.15, 0.2) is 0 Å². The normalized spacial score (nSPS) is 17.6. The van der Waals surface area contributed by atoms with Gasteiger partial charge in [-0.25, -0.2) is 0 Å². The molecule has 86 valence electrons. The molecule has 0 unspecified atom stereocenters. The molecule has 0 aromatic heterocycles. The Morgan fingerprint density at radius 1 is 1.40 bits per heavy atom. The summed E-state index contributed by atoms with van der Waals surface area (Å²) in [5, 5.41) is 2.92. The van der Waals surface area contributed by atoms with Crippen molar-refractivity contribution < 1.29 is 9.59 Å². The number of nitrogens with two attached hydrogens (primary N) is 1. The molecule has 0 aromatic carbocycles. The molecule has 5 heteroatoms. The van der Waals surface area contributed by atoms with Crippen LogP contribution >= 0.6 is 0 Å². The second-order valence-electron chi connectivity index (χ2n) is 3.89. The number of carbonyl (C=O) groups is 2. The number of carbonyl (C=O) groups excluding carboxylic acids is 2. The number of nitrogens with one attached hydrogen (secondary N) is 1. The second-order valence-corrected chi connectivity index (χ2v) is 3.89. The number of hydrogen-bond acceptors (Lipinski definition) is 3. The van der Waals surface area contributed by atoms with Gasteiger partial charge in [0.1, 0.15) is 0 Å². The van der Waals surface area contributed by atoms with E-state index in [1.165, 1.54) is 0 Å². The maximum Gasteiger partial charge on any atom is 0.221 e. The third kappa shape index (κ3) is 3.87. The number of hydrogen-bond donors (Lipinski definition) is 2. The molecule has 0 saturated carbocycles. The van der Waals surface area contributed by atoms with Crippen LogP contribution in [0.3, 0.4) is 0 Å². The van der Waals surface area contributed by atoms with E-state index >= 15 is 0 Å². The van der Waals surface area contributed by atoms with Crippen LogP contribution in [0.4, 0.5) is 0 Å². The van der Waals surface area contributed by atoms with Crippen molar-refractivity contribution >= 4 is 11.8 Å². The molecule has 0 spiro atoms. The van der Waals surface area contributed by atoms with Crippen molar-refractivity contribution in [3.05, 3.63) is 0 Å². The highest BCUT2D eigenvalue weighted by atomic mass is 16.2. The van der Waals surface area contributed by atoms with E-state index in [1.54, 1.807) is 6.92 Å². The van der Waals surface area contributed by atoms with Gasteiger partial charge < -0.3 is 16.0 Å². The van der Waals surface area contributed by atoms with E-state index in [1.807, 2.05) is 4.90 Å². The molecule has 1 rings (SSSR count). The first-order valence-electron chi connectivity index (χ1n) is 5.38. The molecule has 0 aromatic rings. The van der Waals surface area contributed by atoms with Gasteiger partial charge in [-0.15, -0.1) is 0 Å². The Morgan fingerprint density at radius 2 is 2.00 bits per heavy atom. The van der Waals surface area contributed by atoms with Gasteiger partial charge in [-0.1, -0.05) is 0 Å². The third-order valence-corrected chi connectivity index (χ3v) is 2.68. The quantitative estimate of drug-likeness (QED) is 0.661. The Balaban J connectivity index is 2.25. The molecular formula is C10H19N3O2. The van der Waals surface area contributed by atoms with E-state index in [-0.39, 0.29) is 17.9 Å². The summed E-state index contributed by atoms with van der Waals surface area (Å²) >= 11 is 0. The average Bonchev–Trinajstić information content (AvgIpc) is 2.18. The van der Waals surface area contributed by atoms with E-state index in [9.17, 15) is 9.59 Å². The van der Waals surface area contributed by atoms with Gasteiger partial charge in [0.25, 0.3) is 0 Å². The summed E-state index contributed by atoms with van der Waals surface area (Å²) in [6.45, 7) is 3.44. The monoisotopic (exact) mass is 213 g/mol. The van der Waals surface area contributed by atoms with Crippen LogP contribution in [0, 0.1) is 0 Å². The lowest BCUT2D eigenvalue weighted by molar-refractivity contribution is -0.130. The van der Waals surface area contributed by atoms with Crippen LogP contribution < -0.4 is 11.1 Å². The Morgan fingerprint density at radius 3 is 2.47 bits per heavy atom. The highest BCUT2D eigenvalue weighted by Gasteiger charge is 2.21. The summed E-state index contributed by atoms with van der Waals surface area (Å²) < 4.78 is 0. The Bertz CT molecular complexity index is 235. The first-order chi connectivity index (χ1) is 7.13. The van der Waals surface area contributed by atoms with Gasteiger partial charge in [-0.3, -0.25) is 9.59 Å². The fourth-order valence-corrected chi connectivity index (χ4v) is 1.77. The number of nitrogens with zero attached hydrogens (tertiary/aromatic N) is 1. The summed E-state index contributed by atoms with van der Waals surface area (Å²) in [4.78, 5) is 24.1. The molecule has 1 aliphatic heterocycles. The summed E-state index contributed by atoms with van der Waals surface area (Å²) in [6.07, 6.45) is 2.07. The van der Waals surface area contributed by atoms with Crippen LogP contribution in [0.25, 0.3) is 0 Å². The summed E-state index contributed by atoms with van der Waals surface area (Å²) in [6, 6.07) is 0.208. The number of amides is 2. The average molecular weight is 213 g/mol. The zero-order valence-electron chi connectivity index (χ0n) is 9.16. The lowest BCUT2D eigenvalue weighted by atomic mass is 10.0. The Kier molecular flexibility index (Phi) is 4.55. The van der Waals surface area contributed by atoms with Gasteiger partial charge in [-0.2, -0.15) is 0 Å². The fraction of sp³-hybridized carbons (Fsp3) is 0.800. The summed E-state index contributed by atoms with van der Waals surface area (Å²) in [7, 11) is 0. The van der Waals surface area contributed by atoms with Crippen LogP contribution in [0.1, 0.15) is 26.2 Å². The molecule has 15 heavy (non-hydrogen) atoms. The summed E-state index contributed by atoms with van der Waals surface area (Å²) in [5.74, 6) is 0.125. The highest BCUT2D eigenvalue weighted by Crippen LogP contribution is 2.10. The molecule has 3 N–H and O–H groups in total. The number of likely N-dealkylation sites (tertiary alicyclic amines) is 1. The third-order valence-electron chi connectivity index (χ3n) is 2.68. The largest absolute Gasteiger partial charge is 0.353 e. The first kappa shape index (κ1) is 12.0. The predicted molar refractivity (Wildman–Crippen MR) is 57.1 cm³/mol. The molecule has 0 aliphatic carbocycles. The van der Waals surface area contributed by atoms with E-state index in [4.69, 9.17) is 5.73 Å². The molecule has 2 amide bonds. The molecule has 0 radical (unpaired) electrons. The standard InChI is InChI=1S/C10H19N3O2/c1-8(14)13-6-3-9(4-7-13)12-10(15)2-5-11/h9H,2-7,11H2,1H3,(H,12,15). The molecular weight excluding hydrogens is 194 g/mol. The summed E-state index contributed by atoms with van der Waals surface area (Å²) in [5.41, 5.74) is 5.28. The minimum atomic E-state index is 0.0128. The van der Waals surface area contributed by atoms with Crippen molar-refractivity contribution in [2.75, 3.05) is 19.6 Å². The van der Waals surface area contributed by atoms with Gasteiger partial charge >= 0.3 is 0 Å². The van der Waals surface area contributed by atoms with E-state index in [2.05, 4.69) is 5.32 Å². The van der Waals surface area contributed by atoms with Crippen molar-refractivity contribution in [3.63, 3.8) is 0 Å². The van der Waals surface area contributed by atoms with Crippen molar-refractivity contribution in [1.82, 2.24) is 10.2 Å². The maximum absolute atomic E-state index is 11.3. The minimum absolute atomic E-state index is 0.0128. The predicted octanol–water partition coefficient (Wildman–Crippen LogP) is -0.538. The van der Waals surface area contributed by atoms with Crippen molar-refractivity contribution in [2.45, 2.75) is 32.2 Å². The molecule has 1 aliphatic rings. The smallest absolute Gasteiger partial charge is 0.221 e. The molecule has 0 atom stereocenters. The second kappa shape index (κ2) is 5.70. The van der Waals surface area contributed by atoms with Crippen molar-refractivity contribution in [2.24, 2.45) is 5.73 Å². The van der Waals surface area contributed by atoms with Gasteiger partial charge in [0.05, 0.1) is 0 Å². The topological polar surface area (TPSA) is 75.4 Å². The van der Waals surface area contributed by atoms with Crippen LogP contribution in [0.15, 0.2) is 0 Å². The van der Waals surface area contributed by atoms with E-state index < -0.39 is 0 Å². The Labute approximate surface area is 90.0 Å². The fourth-order valence-electron chi connectivity index (χ4n) is 1.77. The maximum atomic E-state index is 11.3. The van der Waals surface area contributed by atoms with Crippen LogP contribution in [-0.2, 0) is 9.59 Å². The van der Waals surface area contributed by atoms with Crippen LogP contribution in [-0.4, -0.2) is 42.4 Å². The lowest BCUT2D eigenvalue weighted by Gasteiger charge is -2.31. The first-order valence-corrected chi connectivity index (χ1v) is 5.38.